The monoisotopic (exact) mass is 479 g/mol. The van der Waals surface area contributed by atoms with Gasteiger partial charge in [0, 0.05) is 20.5 Å². The maximum atomic E-state index is 12.8. The highest BCUT2D eigenvalue weighted by Gasteiger charge is 2.55. The van der Waals surface area contributed by atoms with Crippen LogP contribution in [0.15, 0.2) is 38.6 Å². The van der Waals surface area contributed by atoms with Crippen molar-refractivity contribution < 1.29 is 9.53 Å². The van der Waals surface area contributed by atoms with Crippen molar-refractivity contribution in [3.8, 4) is 0 Å². The number of esters is 1. The minimum absolute atomic E-state index is 0.0179. The molecule has 148 valence electrons. The van der Waals surface area contributed by atoms with Gasteiger partial charge in [-0.25, -0.2) is 0 Å². The molecule has 1 aliphatic heterocycles. The van der Waals surface area contributed by atoms with Gasteiger partial charge in [-0.05, 0) is 61.6 Å². The molecule has 28 heavy (non-hydrogen) atoms. The average molecular weight is 480 g/mol. The molecule has 2 saturated carbocycles. The first-order valence-electron chi connectivity index (χ1n) is 9.88. The van der Waals surface area contributed by atoms with E-state index < -0.39 is 0 Å². The Balaban J connectivity index is 1.61. The SMILES string of the molecule is CCOC(=O)Cn1c2c(sc1=O)[C@H](c1ccc(Br)cc1)C1C3CCC(C3)C1S2. The molecule has 4 nitrogen and oxygen atoms in total. The number of hydrogen-bond donors (Lipinski definition) is 0. The number of rotatable bonds is 4. The molecule has 5 rings (SSSR count). The molecule has 0 spiro atoms. The number of aromatic nitrogens is 1. The summed E-state index contributed by atoms with van der Waals surface area (Å²) in [6.45, 7) is 2.15. The number of thiazole rings is 1. The zero-order valence-electron chi connectivity index (χ0n) is 15.6. The van der Waals surface area contributed by atoms with Crippen molar-refractivity contribution in [1.29, 1.82) is 0 Å². The van der Waals surface area contributed by atoms with Crippen LogP contribution in [0.25, 0.3) is 0 Å². The molecule has 2 fully saturated rings. The van der Waals surface area contributed by atoms with Crippen LogP contribution in [0.2, 0.25) is 0 Å². The van der Waals surface area contributed by atoms with Crippen LogP contribution in [-0.2, 0) is 16.1 Å². The highest BCUT2D eigenvalue weighted by atomic mass is 79.9. The van der Waals surface area contributed by atoms with Crippen molar-refractivity contribution in [2.75, 3.05) is 6.61 Å². The van der Waals surface area contributed by atoms with Crippen LogP contribution in [-0.4, -0.2) is 22.4 Å². The molecule has 2 heterocycles. The third-order valence-corrected chi connectivity index (χ3v) is 9.87. The van der Waals surface area contributed by atoms with E-state index in [-0.39, 0.29) is 23.3 Å². The molecular formula is C21H22BrNO3S2. The van der Waals surface area contributed by atoms with Gasteiger partial charge in [0.25, 0.3) is 0 Å². The Morgan fingerprint density at radius 2 is 2.00 bits per heavy atom. The third kappa shape index (κ3) is 3.01. The third-order valence-electron chi connectivity index (χ3n) is 6.51. The van der Waals surface area contributed by atoms with E-state index in [1.54, 1.807) is 11.5 Å². The Kier molecular flexibility index (Phi) is 4.96. The summed E-state index contributed by atoms with van der Waals surface area (Å²) in [5.74, 6) is 2.00. The van der Waals surface area contributed by atoms with Crippen LogP contribution in [0.1, 0.15) is 42.5 Å². The van der Waals surface area contributed by atoms with Crippen LogP contribution in [0.3, 0.4) is 0 Å². The predicted octanol–water partition coefficient (Wildman–Crippen LogP) is 4.89. The second-order valence-electron chi connectivity index (χ2n) is 7.95. The summed E-state index contributed by atoms with van der Waals surface area (Å²) in [7, 11) is 0. The number of hydrogen-bond acceptors (Lipinski definition) is 5. The first-order valence-corrected chi connectivity index (χ1v) is 12.4. The van der Waals surface area contributed by atoms with Crippen LogP contribution >= 0.6 is 39.0 Å². The Morgan fingerprint density at radius 3 is 2.75 bits per heavy atom. The summed E-state index contributed by atoms with van der Waals surface area (Å²) in [6, 6.07) is 8.57. The van der Waals surface area contributed by atoms with Gasteiger partial charge in [0.1, 0.15) is 6.54 Å². The van der Waals surface area contributed by atoms with E-state index in [4.69, 9.17) is 4.74 Å². The van der Waals surface area contributed by atoms with Gasteiger partial charge in [0.05, 0.1) is 11.6 Å². The molecule has 2 bridgehead atoms. The fraction of sp³-hybridized carbons (Fsp3) is 0.524. The lowest BCUT2D eigenvalue weighted by molar-refractivity contribution is -0.144. The van der Waals surface area contributed by atoms with E-state index in [2.05, 4.69) is 40.2 Å². The molecule has 2 aliphatic carbocycles. The van der Waals surface area contributed by atoms with Crippen molar-refractivity contribution in [1.82, 2.24) is 4.57 Å². The van der Waals surface area contributed by atoms with Gasteiger partial charge in [0.15, 0.2) is 0 Å². The Hall–Kier alpha value is -1.05. The molecule has 4 unspecified atom stereocenters. The summed E-state index contributed by atoms with van der Waals surface area (Å²) in [5.41, 5.74) is 1.29. The number of thioether (sulfide) groups is 1. The van der Waals surface area contributed by atoms with Crippen molar-refractivity contribution in [2.24, 2.45) is 17.8 Å². The molecule has 2 aromatic rings. The maximum Gasteiger partial charge on any atom is 0.326 e. The number of ether oxygens (including phenoxy) is 1. The molecule has 0 saturated heterocycles. The lowest BCUT2D eigenvalue weighted by Crippen LogP contribution is -2.34. The molecular weight excluding hydrogens is 458 g/mol. The Labute approximate surface area is 180 Å². The van der Waals surface area contributed by atoms with Crippen LogP contribution in [0.4, 0.5) is 0 Å². The molecule has 7 heteroatoms. The van der Waals surface area contributed by atoms with Gasteiger partial charge in [-0.3, -0.25) is 14.2 Å². The first-order chi connectivity index (χ1) is 13.6. The van der Waals surface area contributed by atoms with Crippen molar-refractivity contribution in [3.05, 3.63) is 48.8 Å². The van der Waals surface area contributed by atoms with Gasteiger partial charge < -0.3 is 4.74 Å². The Morgan fingerprint density at radius 1 is 1.25 bits per heavy atom. The number of halogens is 1. The van der Waals surface area contributed by atoms with E-state index >= 15 is 0 Å². The molecule has 0 radical (unpaired) electrons. The van der Waals surface area contributed by atoms with E-state index in [9.17, 15) is 9.59 Å². The quantitative estimate of drug-likeness (QED) is 0.585. The van der Waals surface area contributed by atoms with E-state index in [1.165, 1.54) is 36.2 Å². The van der Waals surface area contributed by atoms with Crippen LogP contribution in [0.5, 0.6) is 0 Å². The van der Waals surface area contributed by atoms with Crippen LogP contribution < -0.4 is 4.87 Å². The van der Waals surface area contributed by atoms with Crippen molar-refractivity contribution in [3.63, 3.8) is 0 Å². The van der Waals surface area contributed by atoms with Gasteiger partial charge in [-0.15, -0.1) is 11.8 Å². The highest BCUT2D eigenvalue weighted by Crippen LogP contribution is 2.64. The lowest BCUT2D eigenvalue weighted by atomic mass is 9.75. The minimum atomic E-state index is -0.332. The van der Waals surface area contributed by atoms with Crippen LogP contribution in [0, 0.1) is 17.8 Å². The minimum Gasteiger partial charge on any atom is -0.465 e. The number of carbonyl (C=O) groups is 1. The van der Waals surface area contributed by atoms with E-state index in [0.717, 1.165) is 26.2 Å². The summed E-state index contributed by atoms with van der Waals surface area (Å²) in [4.78, 5) is 26.0. The standard InChI is InChI=1S/C21H22BrNO3S2/c1-2-26-15(24)10-23-20-19(28-21(23)25)16(11-5-7-14(22)8-6-11)17-12-3-4-13(9-12)18(17)27-20/h5-8,12-13,16-18H,2-4,9-10H2,1H3/t12?,13?,16-,17?,18?/m1/s1. The number of carbonyl (C=O) groups excluding carboxylic acids is 1. The summed E-state index contributed by atoms with van der Waals surface area (Å²) < 4.78 is 7.85. The molecule has 5 atom stereocenters. The second-order valence-corrected chi connectivity index (χ2v) is 11.0. The number of fused-ring (bicyclic) bond motifs is 6. The fourth-order valence-corrected chi connectivity index (χ4v) is 8.88. The maximum absolute atomic E-state index is 12.8. The first kappa shape index (κ1) is 18.9. The smallest absolute Gasteiger partial charge is 0.326 e. The molecule has 3 aliphatic rings. The average Bonchev–Trinajstić information content (AvgIpc) is 3.36. The number of nitrogens with zero attached hydrogens (tertiary/aromatic N) is 1. The topological polar surface area (TPSA) is 48.3 Å². The zero-order chi connectivity index (χ0) is 19.4. The van der Waals surface area contributed by atoms with Crippen molar-refractivity contribution in [2.45, 2.75) is 48.9 Å². The van der Waals surface area contributed by atoms with E-state index in [0.29, 0.717) is 17.8 Å². The normalized spacial score (nSPS) is 30.1. The van der Waals surface area contributed by atoms with Crippen molar-refractivity contribution >= 4 is 45.0 Å². The van der Waals surface area contributed by atoms with Gasteiger partial charge >= 0.3 is 10.8 Å². The summed E-state index contributed by atoms with van der Waals surface area (Å²) in [5, 5.41) is 1.55. The lowest BCUT2D eigenvalue weighted by Gasteiger charge is -2.40. The predicted molar refractivity (Wildman–Crippen MR) is 115 cm³/mol. The largest absolute Gasteiger partial charge is 0.465 e. The molecule has 1 aromatic carbocycles. The zero-order valence-corrected chi connectivity index (χ0v) is 18.8. The molecule has 0 amide bonds. The van der Waals surface area contributed by atoms with Gasteiger partial charge in [-0.2, -0.15) is 0 Å². The molecule has 1 aromatic heterocycles. The van der Waals surface area contributed by atoms with Gasteiger partial charge in [0.2, 0.25) is 0 Å². The number of benzene rings is 1. The summed E-state index contributed by atoms with van der Waals surface area (Å²) in [6.07, 6.45) is 3.92. The molecule has 0 N–H and O–H groups in total. The second kappa shape index (κ2) is 7.33. The fourth-order valence-electron chi connectivity index (χ4n) is 5.47. The van der Waals surface area contributed by atoms with Gasteiger partial charge in [-0.1, -0.05) is 39.4 Å². The Bertz CT molecular complexity index is 967. The van der Waals surface area contributed by atoms with E-state index in [1.807, 2.05) is 11.8 Å². The highest BCUT2D eigenvalue weighted by molar-refractivity contribution is 9.10. The summed E-state index contributed by atoms with van der Waals surface area (Å²) >= 11 is 6.72.